The zero-order valence-corrected chi connectivity index (χ0v) is 37.1. The molecule has 4 aliphatic rings. The molecule has 63 heavy (non-hydrogen) atoms. The molecule has 15 heteroatoms. The Kier molecular flexibility index (Phi) is 16.6. The number of nitrogen functional groups attached to an aromatic ring is 2. The molecule has 4 heterocycles. The summed E-state index contributed by atoms with van der Waals surface area (Å²) >= 11 is 0. The minimum absolute atomic E-state index is 0.0182. The van der Waals surface area contributed by atoms with Gasteiger partial charge in [0, 0.05) is 79.6 Å². The van der Waals surface area contributed by atoms with Crippen LogP contribution in [0, 0.1) is 11.8 Å². The van der Waals surface area contributed by atoms with Crippen LogP contribution in [0.1, 0.15) is 108 Å². The normalized spacial score (nSPS) is 16.8. The number of likely N-dealkylation sites (tertiary alicyclic amines) is 2. The molecule has 2 aliphatic heterocycles. The minimum atomic E-state index is -0.0656. The summed E-state index contributed by atoms with van der Waals surface area (Å²) in [6.07, 6.45) is 14.5. The Bertz CT molecular complexity index is 2130. The number of benzene rings is 2. The lowest BCUT2D eigenvalue weighted by Gasteiger charge is -2.32. The van der Waals surface area contributed by atoms with E-state index in [0.29, 0.717) is 97.2 Å². The van der Waals surface area contributed by atoms with Crippen molar-refractivity contribution in [1.29, 1.82) is 0 Å². The number of nitrogens with two attached hydrogens (primary N) is 2. The lowest BCUT2D eigenvalue weighted by atomic mass is 9.86. The van der Waals surface area contributed by atoms with Crippen LogP contribution in [0.4, 0.5) is 11.6 Å². The molecule has 2 aliphatic carbocycles. The van der Waals surface area contributed by atoms with Gasteiger partial charge in [-0.2, -0.15) is 0 Å². The Hall–Kier alpha value is -5.96. The Morgan fingerprint density at radius 2 is 1.05 bits per heavy atom. The summed E-state index contributed by atoms with van der Waals surface area (Å²) in [5.74, 6) is 5.84. The summed E-state index contributed by atoms with van der Waals surface area (Å²) in [7, 11) is 6.33. The number of aromatic nitrogens is 2. The molecule has 0 radical (unpaired) electrons. The summed E-state index contributed by atoms with van der Waals surface area (Å²) in [5.41, 5.74) is 14.7. The zero-order chi connectivity index (χ0) is 44.9. The van der Waals surface area contributed by atoms with Crippen LogP contribution in [0.15, 0.2) is 60.9 Å². The summed E-state index contributed by atoms with van der Waals surface area (Å²) in [4.78, 5) is 37.9. The summed E-state index contributed by atoms with van der Waals surface area (Å²) in [6.45, 7) is 3.76. The Labute approximate surface area is 370 Å². The van der Waals surface area contributed by atoms with E-state index in [9.17, 15) is 14.7 Å². The molecule has 8 rings (SSSR count). The second-order valence-corrected chi connectivity index (χ2v) is 16.7. The van der Waals surface area contributed by atoms with Gasteiger partial charge in [0.1, 0.15) is 23.1 Å². The highest BCUT2D eigenvalue weighted by Gasteiger charge is 2.29. The zero-order valence-electron chi connectivity index (χ0n) is 37.1. The quantitative estimate of drug-likeness (QED) is 0.113. The van der Waals surface area contributed by atoms with E-state index in [1.54, 1.807) is 64.1 Å². The van der Waals surface area contributed by atoms with Gasteiger partial charge in [-0.1, -0.05) is 12.8 Å². The van der Waals surface area contributed by atoms with Gasteiger partial charge in [0.2, 0.25) is 0 Å². The number of amides is 2. The molecule has 2 aromatic carbocycles. The van der Waals surface area contributed by atoms with Gasteiger partial charge in [0.15, 0.2) is 23.0 Å². The maximum Gasteiger partial charge on any atom is 0.253 e. The topological polar surface area (TPSA) is 205 Å². The third kappa shape index (κ3) is 11.9. The van der Waals surface area contributed by atoms with Crippen LogP contribution >= 0.6 is 0 Å². The highest BCUT2D eigenvalue weighted by atomic mass is 16.5. The third-order valence-corrected chi connectivity index (χ3v) is 12.7. The van der Waals surface area contributed by atoms with Gasteiger partial charge >= 0.3 is 0 Å². The molecule has 0 spiro atoms. The number of aromatic hydroxyl groups is 1. The number of hydrogen-bond donors (Lipinski definition) is 4. The van der Waals surface area contributed by atoms with E-state index in [0.717, 1.165) is 48.3 Å². The first-order valence-electron chi connectivity index (χ1n) is 22.0. The number of carbonyl (C=O) groups excluding carboxylic acids is 2. The van der Waals surface area contributed by atoms with Crippen LogP contribution in [0.5, 0.6) is 34.5 Å². The van der Waals surface area contributed by atoms with Crippen molar-refractivity contribution < 1.29 is 43.5 Å². The molecule has 6 N–H and O–H groups in total. The average Bonchev–Trinajstić information content (AvgIpc) is 3.28. The molecule has 0 atom stereocenters. The molecule has 0 bridgehead atoms. The SMILES string of the molecule is COc1cc(C(=O)N2CCC(c3cnc(N)cc3OC)CC2)ccc1O.COc1cc(C(=O)N2CCC(c3cnc(N)cc3OC)CC2)ccc1OCC1CCC1.OCC1CCC1. The number of anilines is 2. The van der Waals surface area contributed by atoms with E-state index in [1.165, 1.54) is 51.7 Å². The molecule has 2 saturated carbocycles. The van der Waals surface area contributed by atoms with Crippen molar-refractivity contribution >= 4 is 23.5 Å². The van der Waals surface area contributed by atoms with E-state index in [1.807, 2.05) is 21.9 Å². The monoisotopic (exact) mass is 868 g/mol. The maximum absolute atomic E-state index is 13.1. The lowest BCUT2D eigenvalue weighted by Crippen LogP contribution is -2.38. The number of aliphatic hydroxyl groups excluding tert-OH is 1. The molecule has 15 nitrogen and oxygen atoms in total. The van der Waals surface area contributed by atoms with Crippen LogP contribution in [-0.4, -0.2) is 110 Å². The van der Waals surface area contributed by atoms with Crippen LogP contribution in [0.25, 0.3) is 0 Å². The predicted octanol–water partition coefficient (Wildman–Crippen LogP) is 7.06. The standard InChI is InChI=1S/C24H31N3O4.C19H23N3O4.C5H10O/c1-29-21-13-23(25)26-14-19(21)17-8-10-27(11-9-17)24(28)18-6-7-20(22(12-18)30-2)31-15-16-4-3-5-16;1-25-16-10-18(20)21-11-14(16)12-5-7-22(8-6-12)19(24)13-3-4-15(23)17(9-13)26-2;6-4-5-2-1-3-5/h6-7,12-14,16-17H,3-5,8-11,15H2,1-2H3,(H2,25,26);3-4,9-12,23H,5-8H2,1-2H3,(H2,20,21);5-6H,1-4H2. The summed E-state index contributed by atoms with van der Waals surface area (Å²) in [5, 5.41) is 18.1. The van der Waals surface area contributed by atoms with Gasteiger partial charge in [-0.15, -0.1) is 0 Å². The number of phenols is 1. The molecular weight excluding hydrogens is 805 g/mol. The Morgan fingerprint density at radius 1 is 0.603 bits per heavy atom. The van der Waals surface area contributed by atoms with Gasteiger partial charge in [0.25, 0.3) is 11.8 Å². The number of piperidine rings is 2. The van der Waals surface area contributed by atoms with Crippen molar-refractivity contribution in [3.05, 3.63) is 83.2 Å². The van der Waals surface area contributed by atoms with Crippen molar-refractivity contribution in [2.45, 2.75) is 76.0 Å². The number of ether oxygens (including phenoxy) is 5. The second kappa shape index (κ2) is 22.4. The van der Waals surface area contributed by atoms with Gasteiger partial charge in [-0.3, -0.25) is 9.59 Å². The third-order valence-electron chi connectivity index (χ3n) is 12.7. The number of phenolic OH excluding ortho intramolecular Hbond substituents is 1. The molecule has 2 amide bonds. The number of carbonyl (C=O) groups is 2. The van der Waals surface area contributed by atoms with Crippen LogP contribution < -0.4 is 35.2 Å². The van der Waals surface area contributed by atoms with Gasteiger partial charge in [-0.05, 0) is 111 Å². The van der Waals surface area contributed by atoms with Gasteiger partial charge < -0.3 is 55.2 Å². The Balaban J connectivity index is 0.000000187. The summed E-state index contributed by atoms with van der Waals surface area (Å²) < 4.78 is 27.4. The molecule has 2 aromatic heterocycles. The van der Waals surface area contributed by atoms with Crippen LogP contribution in [0.2, 0.25) is 0 Å². The van der Waals surface area contributed by atoms with E-state index in [4.69, 9.17) is 40.3 Å². The first kappa shape index (κ1) is 46.5. The molecule has 340 valence electrons. The highest BCUT2D eigenvalue weighted by molar-refractivity contribution is 5.95. The maximum atomic E-state index is 13.1. The largest absolute Gasteiger partial charge is 0.504 e. The van der Waals surface area contributed by atoms with E-state index >= 15 is 0 Å². The van der Waals surface area contributed by atoms with Crippen molar-refractivity contribution in [2.24, 2.45) is 11.8 Å². The van der Waals surface area contributed by atoms with Crippen LogP contribution in [-0.2, 0) is 0 Å². The fourth-order valence-corrected chi connectivity index (χ4v) is 8.32. The van der Waals surface area contributed by atoms with Crippen molar-refractivity contribution in [3.63, 3.8) is 0 Å². The minimum Gasteiger partial charge on any atom is -0.504 e. The second-order valence-electron chi connectivity index (χ2n) is 16.7. The number of aliphatic hydroxyl groups is 1. The number of rotatable bonds is 12. The number of nitrogens with zero attached hydrogens (tertiary/aromatic N) is 4. The average molecular weight is 869 g/mol. The van der Waals surface area contributed by atoms with E-state index in [2.05, 4.69) is 9.97 Å². The van der Waals surface area contributed by atoms with E-state index < -0.39 is 0 Å². The predicted molar refractivity (Wildman–Crippen MR) is 241 cm³/mol. The van der Waals surface area contributed by atoms with Gasteiger partial charge in [0.05, 0.1) is 35.0 Å². The molecular formula is C48H64N6O9. The lowest BCUT2D eigenvalue weighted by molar-refractivity contribution is 0.0704. The number of hydrogen-bond acceptors (Lipinski definition) is 13. The number of pyridine rings is 2. The fraction of sp³-hybridized carbons (Fsp3) is 0.500. The Morgan fingerprint density at radius 3 is 1.44 bits per heavy atom. The van der Waals surface area contributed by atoms with Crippen molar-refractivity contribution in [3.8, 4) is 34.5 Å². The van der Waals surface area contributed by atoms with Crippen molar-refractivity contribution in [1.82, 2.24) is 19.8 Å². The van der Waals surface area contributed by atoms with Crippen molar-refractivity contribution in [2.75, 3.05) is 79.3 Å². The fourth-order valence-electron chi connectivity index (χ4n) is 8.32. The van der Waals surface area contributed by atoms with Gasteiger partial charge in [-0.25, -0.2) is 9.97 Å². The first-order chi connectivity index (χ1) is 30.5. The van der Waals surface area contributed by atoms with E-state index in [-0.39, 0.29) is 23.5 Å². The molecule has 4 aromatic rings. The van der Waals surface area contributed by atoms with Crippen LogP contribution in [0.3, 0.4) is 0 Å². The summed E-state index contributed by atoms with van der Waals surface area (Å²) in [6, 6.07) is 13.6. The molecule has 0 unspecified atom stereocenters. The molecule has 2 saturated heterocycles. The molecule has 4 fully saturated rings. The smallest absolute Gasteiger partial charge is 0.253 e. The first-order valence-corrected chi connectivity index (χ1v) is 22.0. The number of methoxy groups -OCH3 is 4. The highest BCUT2D eigenvalue weighted by Crippen LogP contribution is 2.38.